The second-order valence-electron chi connectivity index (χ2n) is 4.19. The fourth-order valence-corrected chi connectivity index (χ4v) is 2.16. The maximum absolute atomic E-state index is 7.74. The van der Waals surface area contributed by atoms with Gasteiger partial charge in [-0.3, -0.25) is 4.98 Å². The first kappa shape index (κ1) is 11.7. The summed E-state index contributed by atoms with van der Waals surface area (Å²) in [6, 6.07) is 7.72. The van der Waals surface area contributed by atoms with Gasteiger partial charge in [-0.25, -0.2) is 0 Å². The summed E-state index contributed by atoms with van der Waals surface area (Å²) in [6.45, 7) is 8.25. The van der Waals surface area contributed by atoms with E-state index in [0.717, 1.165) is 29.7 Å². The highest BCUT2D eigenvalue weighted by molar-refractivity contribution is 5.93. The largest absolute Gasteiger partial charge is 0.371 e. The number of hydrogen-bond acceptors (Lipinski definition) is 2. The summed E-state index contributed by atoms with van der Waals surface area (Å²) in [5, 5.41) is 1.08. The smallest absolute Gasteiger partial charge is 0.0727 e. The predicted octanol–water partition coefficient (Wildman–Crippen LogP) is 3.30. The molecule has 89 valence electrons. The molecule has 1 aromatic carbocycles. The fourth-order valence-electron chi connectivity index (χ4n) is 2.16. The van der Waals surface area contributed by atoms with Gasteiger partial charge in [-0.2, -0.15) is 0 Å². The van der Waals surface area contributed by atoms with Crippen LogP contribution in [0, 0.1) is 6.92 Å². The Bertz CT molecular complexity index is 530. The lowest BCUT2D eigenvalue weighted by molar-refractivity contribution is 0.868. The van der Waals surface area contributed by atoms with Gasteiger partial charge in [0.05, 0.1) is 11.2 Å². The van der Waals surface area contributed by atoms with Crippen molar-refractivity contribution in [3.05, 3.63) is 30.0 Å². The van der Waals surface area contributed by atoms with Gasteiger partial charge in [-0.05, 0) is 45.0 Å². The number of aromatic nitrogens is 1. The number of nitrogens with zero attached hydrogens (tertiary/aromatic N) is 2. The first-order valence-corrected chi connectivity index (χ1v) is 6.03. The van der Waals surface area contributed by atoms with Crippen LogP contribution in [-0.2, 0) is 0 Å². The van der Waals surface area contributed by atoms with Crippen LogP contribution in [0.1, 0.15) is 19.5 Å². The molecule has 0 aliphatic heterocycles. The monoisotopic (exact) mass is 228 g/mol. The van der Waals surface area contributed by atoms with Gasteiger partial charge in [0.1, 0.15) is 0 Å². The van der Waals surface area contributed by atoms with Gasteiger partial charge in [0.15, 0.2) is 0 Å². The second kappa shape index (κ2) is 4.62. The molecule has 1 aromatic heterocycles. The van der Waals surface area contributed by atoms with Gasteiger partial charge >= 0.3 is 0 Å². The third-order valence-electron chi connectivity index (χ3n) is 3.02. The minimum absolute atomic E-state index is 0.538. The molecule has 0 fully saturated rings. The van der Waals surface area contributed by atoms with Crippen LogP contribution < -0.4 is 10.6 Å². The van der Waals surface area contributed by atoms with Gasteiger partial charge in [0, 0.05) is 29.9 Å². The molecular weight excluding hydrogens is 210 g/mol. The Kier molecular flexibility index (Phi) is 3.18. The van der Waals surface area contributed by atoms with Crippen LogP contribution in [-0.4, -0.2) is 18.1 Å². The van der Waals surface area contributed by atoms with E-state index in [4.69, 9.17) is 5.73 Å². The zero-order valence-electron chi connectivity index (χ0n) is 10.6. The zero-order chi connectivity index (χ0) is 12.4. The Morgan fingerprint density at radius 3 is 2.53 bits per heavy atom. The van der Waals surface area contributed by atoms with Crippen molar-refractivity contribution in [1.29, 1.82) is 0 Å². The van der Waals surface area contributed by atoms with E-state index in [1.807, 2.05) is 19.1 Å². The van der Waals surface area contributed by atoms with E-state index in [2.05, 4.69) is 29.8 Å². The van der Waals surface area contributed by atoms with Crippen molar-refractivity contribution in [2.24, 2.45) is 0 Å². The van der Waals surface area contributed by atoms with Crippen LogP contribution in [0.5, 0.6) is 0 Å². The number of aryl methyl sites for hydroxylation is 1. The molecule has 0 saturated heterocycles. The Morgan fingerprint density at radius 2 is 1.88 bits per heavy atom. The number of rotatable bonds is 3. The number of pyridine rings is 1. The van der Waals surface area contributed by atoms with Crippen LogP contribution in [0.3, 0.4) is 0 Å². The number of anilines is 1. The first-order chi connectivity index (χ1) is 8.15. The molecule has 0 saturated carbocycles. The second-order valence-corrected chi connectivity index (χ2v) is 4.19. The molecule has 0 aliphatic rings. The number of benzene rings is 1. The molecule has 17 heavy (non-hydrogen) atoms. The highest BCUT2D eigenvalue weighted by atomic mass is 15.1. The molecule has 1 N–H and O–H groups in total. The predicted molar refractivity (Wildman–Crippen MR) is 72.8 cm³/mol. The lowest BCUT2D eigenvalue weighted by atomic mass is 10.1. The lowest BCUT2D eigenvalue weighted by Gasteiger charge is -2.23. The van der Waals surface area contributed by atoms with Crippen molar-refractivity contribution < 1.29 is 0 Å². The molecule has 0 aliphatic carbocycles. The van der Waals surface area contributed by atoms with Crippen LogP contribution >= 0.6 is 0 Å². The van der Waals surface area contributed by atoms with Gasteiger partial charge < -0.3 is 10.6 Å². The maximum atomic E-state index is 7.74. The summed E-state index contributed by atoms with van der Waals surface area (Å²) < 4.78 is 0. The maximum Gasteiger partial charge on any atom is 0.0727 e. The molecule has 1 radical (unpaired) electrons. The van der Waals surface area contributed by atoms with Crippen molar-refractivity contribution in [3.63, 3.8) is 0 Å². The summed E-state index contributed by atoms with van der Waals surface area (Å²) in [7, 11) is 0. The van der Waals surface area contributed by atoms with Gasteiger partial charge in [-0.15, -0.1) is 0 Å². The fraction of sp³-hybridized carbons (Fsp3) is 0.357. The van der Waals surface area contributed by atoms with Crippen LogP contribution in [0.4, 0.5) is 11.4 Å². The van der Waals surface area contributed by atoms with Crippen molar-refractivity contribution in [2.75, 3.05) is 18.0 Å². The third-order valence-corrected chi connectivity index (χ3v) is 3.02. The first-order valence-electron chi connectivity index (χ1n) is 6.03. The van der Waals surface area contributed by atoms with Crippen LogP contribution in [0.25, 0.3) is 10.9 Å². The highest BCUT2D eigenvalue weighted by Gasteiger charge is 2.09. The Hall–Kier alpha value is -1.77. The van der Waals surface area contributed by atoms with Crippen molar-refractivity contribution in [3.8, 4) is 0 Å². The van der Waals surface area contributed by atoms with Crippen molar-refractivity contribution in [1.82, 2.24) is 10.7 Å². The van der Waals surface area contributed by atoms with E-state index in [9.17, 15) is 0 Å². The molecule has 0 spiro atoms. The van der Waals surface area contributed by atoms with E-state index in [1.54, 1.807) is 6.07 Å². The van der Waals surface area contributed by atoms with Crippen LogP contribution in [0.2, 0.25) is 0 Å². The number of fused-ring (bicyclic) bond motifs is 1. The van der Waals surface area contributed by atoms with Crippen molar-refractivity contribution >= 4 is 22.3 Å². The van der Waals surface area contributed by atoms with E-state index in [-0.39, 0.29) is 0 Å². The average Bonchev–Trinajstić information content (AvgIpc) is 2.31. The molecule has 2 aromatic rings. The van der Waals surface area contributed by atoms with Gasteiger partial charge in [-0.1, -0.05) is 0 Å². The van der Waals surface area contributed by atoms with Crippen LogP contribution in [0.15, 0.2) is 24.3 Å². The molecule has 0 atom stereocenters. The number of hydrogen-bond donors (Lipinski definition) is 0. The molecule has 0 unspecified atom stereocenters. The van der Waals surface area contributed by atoms with E-state index >= 15 is 0 Å². The molecule has 3 nitrogen and oxygen atoms in total. The summed E-state index contributed by atoms with van der Waals surface area (Å²) in [5.74, 6) is 0. The summed E-state index contributed by atoms with van der Waals surface area (Å²) >= 11 is 0. The highest BCUT2D eigenvalue weighted by Crippen LogP contribution is 2.28. The summed E-state index contributed by atoms with van der Waals surface area (Å²) in [6.07, 6.45) is 0. The average molecular weight is 228 g/mol. The van der Waals surface area contributed by atoms with E-state index < -0.39 is 0 Å². The van der Waals surface area contributed by atoms with Gasteiger partial charge in [0.2, 0.25) is 0 Å². The third kappa shape index (κ3) is 2.18. The van der Waals surface area contributed by atoms with Crippen molar-refractivity contribution in [2.45, 2.75) is 20.8 Å². The Morgan fingerprint density at radius 1 is 1.18 bits per heavy atom. The summed E-state index contributed by atoms with van der Waals surface area (Å²) in [4.78, 5) is 6.82. The molecule has 0 amide bonds. The lowest BCUT2D eigenvalue weighted by Crippen LogP contribution is -2.22. The molecule has 0 bridgehead atoms. The number of nitrogens with one attached hydrogen (secondary N) is 1. The molecule has 3 heteroatoms. The minimum Gasteiger partial charge on any atom is -0.371 e. The molecule has 1 heterocycles. The Labute approximate surface area is 102 Å². The molecular formula is C14H18N3. The SMILES string of the molecule is CCN(CC)c1cc(C)nc2ccc([NH])cc12. The minimum atomic E-state index is 0.538. The Balaban J connectivity index is 2.71. The normalized spacial score (nSPS) is 10.8. The van der Waals surface area contributed by atoms with E-state index in [0.29, 0.717) is 5.69 Å². The van der Waals surface area contributed by atoms with Gasteiger partial charge in [0.25, 0.3) is 0 Å². The molecule has 2 rings (SSSR count). The standard InChI is InChI=1S/C14H18N3/c1-4-17(5-2)14-8-10(3)16-13-7-6-11(15)9-12(13)14/h6-9,15H,4-5H2,1-3H3. The quantitative estimate of drug-likeness (QED) is 0.808. The topological polar surface area (TPSA) is 39.9 Å². The van der Waals surface area contributed by atoms with E-state index in [1.165, 1.54) is 5.69 Å². The summed E-state index contributed by atoms with van der Waals surface area (Å²) in [5.41, 5.74) is 11.5. The zero-order valence-corrected chi connectivity index (χ0v) is 10.6.